The number of hydrogen-bond donors (Lipinski definition) is 2. The van der Waals surface area contributed by atoms with Crippen LogP contribution in [0, 0.1) is 18.3 Å². The largest absolute Gasteiger partial charge is 0.481 e. The molecule has 0 saturated heterocycles. The molecule has 152 valence electrons. The van der Waals surface area contributed by atoms with Crippen molar-refractivity contribution in [3.63, 3.8) is 0 Å². The summed E-state index contributed by atoms with van der Waals surface area (Å²) in [4.78, 5) is 24.0. The first-order chi connectivity index (χ1) is 13.7. The molecule has 2 N–H and O–H groups in total. The molecule has 0 heterocycles. The van der Waals surface area contributed by atoms with Crippen molar-refractivity contribution in [3.8, 4) is 11.8 Å². The van der Waals surface area contributed by atoms with Crippen molar-refractivity contribution in [2.75, 3.05) is 5.75 Å². The Morgan fingerprint density at radius 2 is 1.69 bits per heavy atom. The summed E-state index contributed by atoms with van der Waals surface area (Å²) >= 11 is 0. The highest BCUT2D eigenvalue weighted by Crippen LogP contribution is 2.14. The monoisotopic (exact) mass is 415 g/mol. The fourth-order valence-electron chi connectivity index (χ4n) is 2.25. The third-order valence-electron chi connectivity index (χ3n) is 3.97. The quantitative estimate of drug-likeness (QED) is 0.662. The number of sulfone groups is 1. The molecule has 2 aromatic rings. The molecular formula is C20H21N3O5S. The van der Waals surface area contributed by atoms with E-state index in [1.54, 1.807) is 36.4 Å². The zero-order valence-corrected chi connectivity index (χ0v) is 16.8. The minimum atomic E-state index is -3.59. The molecule has 8 nitrogen and oxygen atoms in total. The predicted molar refractivity (Wildman–Crippen MR) is 105 cm³/mol. The van der Waals surface area contributed by atoms with Gasteiger partial charge in [0.2, 0.25) is 5.91 Å². The lowest BCUT2D eigenvalue weighted by molar-refractivity contribution is -0.132. The average Bonchev–Trinajstić information content (AvgIpc) is 2.71. The SMILES string of the molecule is Cc1ccc(S(=O)(=O)CCC(=O)NNC(=O)[C@H](C)Oc2ccc(C#N)cc2)cc1. The van der Waals surface area contributed by atoms with E-state index >= 15 is 0 Å². The van der Waals surface area contributed by atoms with E-state index in [0.29, 0.717) is 11.3 Å². The Bertz CT molecular complexity index is 1010. The second-order valence-electron chi connectivity index (χ2n) is 6.32. The number of nitrogens with zero attached hydrogens (tertiary/aromatic N) is 1. The van der Waals surface area contributed by atoms with Gasteiger partial charge in [0, 0.05) is 6.42 Å². The van der Waals surface area contributed by atoms with E-state index in [2.05, 4.69) is 10.9 Å². The van der Waals surface area contributed by atoms with Crippen LogP contribution in [0.25, 0.3) is 0 Å². The molecule has 0 aliphatic heterocycles. The zero-order chi connectivity index (χ0) is 21.4. The highest BCUT2D eigenvalue weighted by molar-refractivity contribution is 7.91. The number of amides is 2. The van der Waals surface area contributed by atoms with E-state index in [1.165, 1.54) is 19.1 Å². The van der Waals surface area contributed by atoms with Crippen LogP contribution in [0.5, 0.6) is 5.75 Å². The van der Waals surface area contributed by atoms with Crippen LogP contribution in [0.15, 0.2) is 53.4 Å². The van der Waals surface area contributed by atoms with Crippen molar-refractivity contribution in [1.29, 1.82) is 5.26 Å². The van der Waals surface area contributed by atoms with Gasteiger partial charge in [0.25, 0.3) is 5.91 Å². The standard InChI is InChI=1S/C20H21N3O5S/c1-14-3-9-18(10-4-14)29(26,27)12-11-19(24)22-23-20(25)15(2)28-17-7-5-16(13-21)6-8-17/h3-10,15H,11-12H2,1-2H3,(H,22,24)(H,23,25)/t15-/m0/s1. The van der Waals surface area contributed by atoms with Crippen molar-refractivity contribution in [3.05, 3.63) is 59.7 Å². The second-order valence-corrected chi connectivity index (χ2v) is 8.42. The number of carbonyl (C=O) groups excluding carboxylic acids is 2. The van der Waals surface area contributed by atoms with Crippen LogP contribution in [0.1, 0.15) is 24.5 Å². The summed E-state index contributed by atoms with van der Waals surface area (Å²) < 4.78 is 29.9. The van der Waals surface area contributed by atoms with Gasteiger partial charge in [-0.3, -0.25) is 20.4 Å². The van der Waals surface area contributed by atoms with Gasteiger partial charge in [0.1, 0.15) is 5.75 Å². The molecule has 0 aromatic heterocycles. The Morgan fingerprint density at radius 3 is 2.28 bits per heavy atom. The van der Waals surface area contributed by atoms with Crippen molar-refractivity contribution in [1.82, 2.24) is 10.9 Å². The van der Waals surface area contributed by atoms with E-state index in [0.717, 1.165) is 5.56 Å². The van der Waals surface area contributed by atoms with Crippen LogP contribution in [0.2, 0.25) is 0 Å². The number of rotatable bonds is 7. The Hall–Kier alpha value is -3.38. The molecule has 2 aromatic carbocycles. The third kappa shape index (κ3) is 6.62. The molecule has 1 atom stereocenters. The van der Waals surface area contributed by atoms with Gasteiger partial charge in [-0.05, 0) is 50.2 Å². The summed E-state index contributed by atoms with van der Waals surface area (Å²) in [7, 11) is -3.59. The van der Waals surface area contributed by atoms with Crippen LogP contribution in [-0.4, -0.2) is 32.1 Å². The lowest BCUT2D eigenvalue weighted by Gasteiger charge is -2.15. The Balaban J connectivity index is 1.79. The molecule has 2 amide bonds. The maximum Gasteiger partial charge on any atom is 0.279 e. The van der Waals surface area contributed by atoms with E-state index in [4.69, 9.17) is 10.00 Å². The van der Waals surface area contributed by atoms with Crippen LogP contribution in [0.4, 0.5) is 0 Å². The number of nitrogens with one attached hydrogen (secondary N) is 2. The molecule has 0 fully saturated rings. The summed E-state index contributed by atoms with van der Waals surface area (Å²) in [5, 5.41) is 8.76. The topological polar surface area (TPSA) is 125 Å². The van der Waals surface area contributed by atoms with Gasteiger partial charge in [-0.25, -0.2) is 8.42 Å². The minimum absolute atomic E-state index is 0.143. The summed E-state index contributed by atoms with van der Waals surface area (Å²) in [5.74, 6) is -1.24. The molecule has 0 unspecified atom stereocenters. The lowest BCUT2D eigenvalue weighted by atomic mass is 10.2. The van der Waals surface area contributed by atoms with Crippen LogP contribution < -0.4 is 15.6 Å². The number of benzene rings is 2. The number of nitriles is 1. The van der Waals surface area contributed by atoms with Gasteiger partial charge in [0.05, 0.1) is 22.3 Å². The van der Waals surface area contributed by atoms with E-state index in [9.17, 15) is 18.0 Å². The minimum Gasteiger partial charge on any atom is -0.481 e. The van der Waals surface area contributed by atoms with Crippen LogP contribution >= 0.6 is 0 Å². The molecule has 0 saturated carbocycles. The fraction of sp³-hybridized carbons (Fsp3) is 0.250. The van der Waals surface area contributed by atoms with Crippen LogP contribution in [0.3, 0.4) is 0 Å². The summed E-state index contributed by atoms with van der Waals surface area (Å²) in [6.07, 6.45) is -1.22. The summed E-state index contributed by atoms with van der Waals surface area (Å²) in [6.45, 7) is 3.33. The number of aryl methyl sites for hydroxylation is 1. The summed E-state index contributed by atoms with van der Waals surface area (Å²) in [5.41, 5.74) is 5.77. The van der Waals surface area contributed by atoms with Gasteiger partial charge in [0.15, 0.2) is 15.9 Å². The fourth-order valence-corrected chi connectivity index (χ4v) is 3.49. The first-order valence-electron chi connectivity index (χ1n) is 8.76. The molecule has 0 spiro atoms. The van der Waals surface area contributed by atoms with Gasteiger partial charge in [-0.15, -0.1) is 0 Å². The predicted octanol–water partition coefficient (Wildman–Crippen LogP) is 1.65. The average molecular weight is 415 g/mol. The molecule has 0 bridgehead atoms. The van der Waals surface area contributed by atoms with Crippen LogP contribution in [-0.2, 0) is 19.4 Å². The first-order valence-corrected chi connectivity index (χ1v) is 10.4. The second kappa shape index (κ2) is 9.71. The van der Waals surface area contributed by atoms with Gasteiger partial charge in [-0.2, -0.15) is 5.26 Å². The molecule has 0 aliphatic rings. The molecule has 9 heteroatoms. The molecule has 0 radical (unpaired) electrons. The van der Waals surface area contributed by atoms with Crippen molar-refractivity contribution < 1.29 is 22.7 Å². The first kappa shape index (κ1) is 21.9. The van der Waals surface area contributed by atoms with Crippen molar-refractivity contribution in [2.24, 2.45) is 0 Å². The maximum absolute atomic E-state index is 12.2. The number of carbonyl (C=O) groups is 2. The summed E-state index contributed by atoms with van der Waals surface area (Å²) in [6, 6.07) is 14.5. The molecule has 29 heavy (non-hydrogen) atoms. The maximum atomic E-state index is 12.2. The van der Waals surface area contributed by atoms with Gasteiger partial charge in [-0.1, -0.05) is 17.7 Å². The van der Waals surface area contributed by atoms with E-state index in [1.807, 2.05) is 13.0 Å². The third-order valence-corrected chi connectivity index (χ3v) is 5.70. The Labute approximate surface area is 169 Å². The number of hydrogen-bond acceptors (Lipinski definition) is 6. The van der Waals surface area contributed by atoms with E-state index < -0.39 is 27.8 Å². The van der Waals surface area contributed by atoms with Crippen molar-refractivity contribution >= 4 is 21.7 Å². The molecule has 2 rings (SSSR count). The van der Waals surface area contributed by atoms with Gasteiger partial charge >= 0.3 is 0 Å². The highest BCUT2D eigenvalue weighted by atomic mass is 32.2. The van der Waals surface area contributed by atoms with Gasteiger partial charge < -0.3 is 4.74 Å². The number of ether oxygens (including phenoxy) is 1. The van der Waals surface area contributed by atoms with E-state index in [-0.39, 0.29) is 17.1 Å². The zero-order valence-electron chi connectivity index (χ0n) is 16.0. The van der Waals surface area contributed by atoms with Crippen molar-refractivity contribution in [2.45, 2.75) is 31.3 Å². The smallest absolute Gasteiger partial charge is 0.279 e. The Morgan fingerprint density at radius 1 is 1.07 bits per heavy atom. The normalized spacial score (nSPS) is 11.8. The molecule has 0 aliphatic carbocycles. The highest BCUT2D eigenvalue weighted by Gasteiger charge is 2.18. The number of hydrazine groups is 1. The lowest BCUT2D eigenvalue weighted by Crippen LogP contribution is -2.47. The molecular weight excluding hydrogens is 394 g/mol. The Kier molecular flexibility index (Phi) is 7.33.